The molecule has 0 heterocycles. The number of phenols is 1. The molecule has 3 heteroatoms. The van der Waals surface area contributed by atoms with Crippen LogP contribution in [0.25, 0.3) is 0 Å². The molecule has 2 saturated carbocycles. The van der Waals surface area contributed by atoms with Crippen molar-refractivity contribution in [2.24, 2.45) is 17.3 Å². The number of carbonyl (C=O) groups is 1. The summed E-state index contributed by atoms with van der Waals surface area (Å²) in [6, 6.07) is 0.137. The van der Waals surface area contributed by atoms with Crippen LogP contribution in [0.4, 0.5) is 0 Å². The predicted molar refractivity (Wildman–Crippen MR) is 84.3 cm³/mol. The molecule has 1 N–H and O–H groups in total. The Morgan fingerprint density at radius 2 is 2.32 bits per heavy atom. The highest BCUT2D eigenvalue weighted by molar-refractivity contribution is 5.87. The van der Waals surface area contributed by atoms with Crippen molar-refractivity contribution in [1.82, 2.24) is 0 Å². The van der Waals surface area contributed by atoms with E-state index in [0.717, 1.165) is 19.3 Å². The standard InChI is InChI=1S/C19H24O3/c1-19-8-7-12-13(15(19)5-6-18(19)21)4-3-11-9-16(20)17(22-2)10-14(11)12/h9-10,12-13,15,20H,3-8H2,1-2H3/t12-,13+,15-,19-/m0/s1/i3D,9D,10D/hD/t3?,12-,13+,15-,19-. The van der Waals surface area contributed by atoms with Crippen molar-refractivity contribution < 1.29 is 18.8 Å². The second-order valence-electron chi connectivity index (χ2n) is 7.17. The van der Waals surface area contributed by atoms with Crippen LogP contribution in [0.5, 0.6) is 11.5 Å². The minimum atomic E-state index is -0.638. The number of ketones is 1. The molecule has 5 atom stereocenters. The summed E-state index contributed by atoms with van der Waals surface area (Å²) in [6.07, 6.45) is 3.03. The molecule has 3 aliphatic rings. The third-order valence-corrected chi connectivity index (χ3v) is 6.31. The second kappa shape index (κ2) is 4.74. The van der Waals surface area contributed by atoms with Gasteiger partial charge in [0.25, 0.3) is 1.43 Å². The number of aromatic hydroxyl groups is 1. The van der Waals surface area contributed by atoms with Crippen LogP contribution >= 0.6 is 0 Å². The van der Waals surface area contributed by atoms with Crippen molar-refractivity contribution in [2.45, 2.75) is 51.3 Å². The average Bonchev–Trinajstić information content (AvgIpc) is 2.92. The number of methoxy groups -OCH3 is 1. The SMILES string of the molecule is [2H]Oc1c([2H])c2c(c([2H])c1OC)[C@H]1CC[C@]3(C)C(=O)CC[C@H]3[C@@H]1CC2[2H]. The van der Waals surface area contributed by atoms with E-state index in [1.54, 1.807) is 0 Å². The minimum absolute atomic E-state index is 0.00265. The lowest BCUT2D eigenvalue weighted by Crippen LogP contribution is -2.42. The van der Waals surface area contributed by atoms with E-state index < -0.39 is 6.40 Å². The van der Waals surface area contributed by atoms with Crippen molar-refractivity contribution in [2.75, 3.05) is 7.11 Å². The first-order chi connectivity index (χ1) is 12.3. The van der Waals surface area contributed by atoms with Gasteiger partial charge < -0.3 is 9.85 Å². The number of fused-ring (bicyclic) bond motifs is 5. The fourth-order valence-electron chi connectivity index (χ4n) is 5.09. The first kappa shape index (κ1) is 10.3. The van der Waals surface area contributed by atoms with Gasteiger partial charge in [-0.15, -0.1) is 0 Å². The number of carbonyl (C=O) groups excluding carboxylic acids is 1. The van der Waals surface area contributed by atoms with Gasteiger partial charge in [-0.1, -0.05) is 6.92 Å². The molecule has 0 aromatic heterocycles. The molecule has 0 radical (unpaired) electrons. The maximum Gasteiger partial charge on any atom is 0.293 e. The molecule has 2 fully saturated rings. The maximum atomic E-state index is 12.5. The number of Topliss-reactive ketones (excluding diaryl/α,β-unsaturated/α-hetero) is 1. The summed E-state index contributed by atoms with van der Waals surface area (Å²) in [7, 11) is 1.41. The Labute approximate surface area is 137 Å². The molecule has 4 rings (SSSR count). The van der Waals surface area contributed by atoms with E-state index in [1.807, 2.05) is 0 Å². The molecule has 1 aromatic rings. The lowest BCUT2D eigenvalue weighted by atomic mass is 9.55. The molecule has 3 nitrogen and oxygen atoms in total. The normalized spacial score (nSPS) is 42.2. The fourth-order valence-corrected chi connectivity index (χ4v) is 5.09. The Balaban J connectivity index is 1.88. The van der Waals surface area contributed by atoms with Crippen LogP contribution in [0.1, 0.15) is 60.2 Å². The topological polar surface area (TPSA) is 46.5 Å². The summed E-state index contributed by atoms with van der Waals surface area (Å²) in [5.41, 5.74) is 0.927. The van der Waals surface area contributed by atoms with Gasteiger partial charge >= 0.3 is 0 Å². The van der Waals surface area contributed by atoms with Gasteiger partial charge in [0.15, 0.2) is 11.5 Å². The summed E-state index contributed by atoms with van der Waals surface area (Å²) in [5, 5.41) is 4.59. The highest BCUT2D eigenvalue weighted by Gasteiger charge is 2.54. The molecule has 22 heavy (non-hydrogen) atoms. The van der Waals surface area contributed by atoms with E-state index in [4.69, 9.17) is 10.3 Å². The molecule has 1 aromatic carbocycles. The third kappa shape index (κ3) is 1.77. The van der Waals surface area contributed by atoms with Crippen molar-refractivity contribution in [1.29, 1.82) is 1.43 Å². The molecule has 0 amide bonds. The zero-order valence-corrected chi connectivity index (χ0v) is 13.1. The van der Waals surface area contributed by atoms with Crippen molar-refractivity contribution >= 4 is 5.78 Å². The molecule has 0 bridgehead atoms. The predicted octanol–water partition coefficient (Wildman–Crippen LogP) is 3.83. The monoisotopic (exact) mass is 304 g/mol. The molecule has 3 aliphatic carbocycles. The van der Waals surface area contributed by atoms with E-state index in [2.05, 4.69) is 12.0 Å². The van der Waals surface area contributed by atoms with Gasteiger partial charge in [0.2, 0.25) is 0 Å². The number of hydrogen-bond donors (Lipinski definition) is 1. The molecule has 1 unspecified atom stereocenters. The summed E-state index contributed by atoms with van der Waals surface area (Å²) in [5.74, 6) is 0.876. The fraction of sp³-hybridized carbons (Fsp3) is 0.632. The Morgan fingerprint density at radius 3 is 3.09 bits per heavy atom. The lowest BCUT2D eigenvalue weighted by molar-refractivity contribution is -0.129. The van der Waals surface area contributed by atoms with Crippen LogP contribution in [-0.2, 0) is 11.2 Å². The van der Waals surface area contributed by atoms with Crippen LogP contribution < -0.4 is 4.74 Å². The number of hydrogen-bond acceptors (Lipinski definition) is 3. The van der Waals surface area contributed by atoms with E-state index in [9.17, 15) is 4.79 Å². The lowest BCUT2D eigenvalue weighted by Gasteiger charge is -2.48. The van der Waals surface area contributed by atoms with Crippen LogP contribution in [0.2, 0.25) is 0 Å². The highest BCUT2D eigenvalue weighted by atomic mass is 16.5. The third-order valence-electron chi connectivity index (χ3n) is 6.31. The van der Waals surface area contributed by atoms with Crippen LogP contribution in [0, 0.1) is 17.3 Å². The Morgan fingerprint density at radius 1 is 1.45 bits per heavy atom. The summed E-state index contributed by atoms with van der Waals surface area (Å²) in [4.78, 5) is 12.5. The Bertz CT molecular complexity index is 781. The molecule has 118 valence electrons. The van der Waals surface area contributed by atoms with Crippen molar-refractivity contribution in [3.05, 3.63) is 23.2 Å². The van der Waals surface area contributed by atoms with E-state index in [0.29, 0.717) is 29.8 Å². The smallest absolute Gasteiger partial charge is 0.293 e. The Kier molecular flexibility index (Phi) is 2.22. The number of rotatable bonds is 2. The van der Waals surface area contributed by atoms with Gasteiger partial charge in [0.05, 0.1) is 9.85 Å². The van der Waals surface area contributed by atoms with Crippen molar-refractivity contribution in [3.8, 4) is 11.5 Å². The van der Waals surface area contributed by atoms with Gasteiger partial charge in [0.1, 0.15) is 5.78 Å². The molecule has 0 saturated heterocycles. The summed E-state index contributed by atoms with van der Waals surface area (Å²) in [6.45, 7) is 2.08. The maximum absolute atomic E-state index is 12.5. The van der Waals surface area contributed by atoms with E-state index >= 15 is 0 Å². The van der Waals surface area contributed by atoms with E-state index in [1.165, 1.54) is 7.11 Å². The zero-order chi connectivity index (χ0) is 18.8. The Hall–Kier alpha value is -1.51. The quantitative estimate of drug-likeness (QED) is 0.903. The van der Waals surface area contributed by atoms with Crippen LogP contribution in [0.15, 0.2) is 12.1 Å². The number of benzene rings is 1. The molecule has 0 spiro atoms. The minimum Gasteiger partial charge on any atom is -0.504 e. The number of ether oxygens (including phenoxy) is 1. The van der Waals surface area contributed by atoms with Gasteiger partial charge in [-0.2, -0.15) is 0 Å². The highest BCUT2D eigenvalue weighted by Crippen LogP contribution is 2.60. The van der Waals surface area contributed by atoms with Gasteiger partial charge in [-0.3, -0.25) is 4.79 Å². The summed E-state index contributed by atoms with van der Waals surface area (Å²) >= 11 is 0. The second-order valence-corrected chi connectivity index (χ2v) is 7.17. The van der Waals surface area contributed by atoms with Gasteiger partial charge in [-0.05, 0) is 73.0 Å². The molecular formula is C19H24O3. The molecule has 0 aliphatic heterocycles. The zero-order valence-electron chi connectivity index (χ0n) is 17.1. The largest absolute Gasteiger partial charge is 0.504 e. The van der Waals surface area contributed by atoms with E-state index in [-0.39, 0.29) is 46.8 Å². The molecular weight excluding hydrogens is 276 g/mol. The van der Waals surface area contributed by atoms with Gasteiger partial charge in [0, 0.05) is 13.2 Å². The van der Waals surface area contributed by atoms with Gasteiger partial charge in [-0.25, -0.2) is 0 Å². The first-order valence-electron chi connectivity index (χ1n) is 10.1. The summed E-state index contributed by atoms with van der Waals surface area (Å²) < 4.78 is 38.2. The number of phenolic OH excluding ortho intramolecular Hbond substituents is 1. The van der Waals surface area contributed by atoms with Crippen LogP contribution in [0.3, 0.4) is 0 Å². The average molecular weight is 304 g/mol. The first-order valence-corrected chi connectivity index (χ1v) is 8.14. The van der Waals surface area contributed by atoms with Crippen LogP contribution in [-0.4, -0.2) is 19.4 Å². The van der Waals surface area contributed by atoms with Crippen molar-refractivity contribution in [3.63, 3.8) is 0 Å².